The standard InChI is InChI=1S/C17H13BrN2O2S/c1-22-16-13-7-2-3-8-14(13)23-15(16)10-19-20-17(21)11-5-4-6-12(18)9-11/h2-10H,1H3,(H,20,21). The fraction of sp³-hybridized carbons (Fsp3) is 0.0588. The number of carbonyl (C=O) groups excluding carboxylic acids is 1. The average molecular weight is 389 g/mol. The summed E-state index contributed by atoms with van der Waals surface area (Å²) in [4.78, 5) is 12.9. The molecule has 0 spiro atoms. The third kappa shape index (κ3) is 3.43. The van der Waals surface area contributed by atoms with E-state index in [9.17, 15) is 4.79 Å². The van der Waals surface area contributed by atoms with Crippen LogP contribution >= 0.6 is 27.3 Å². The maximum Gasteiger partial charge on any atom is 0.271 e. The Morgan fingerprint density at radius 2 is 2.09 bits per heavy atom. The van der Waals surface area contributed by atoms with Gasteiger partial charge in [0.25, 0.3) is 5.91 Å². The van der Waals surface area contributed by atoms with Gasteiger partial charge in [0.2, 0.25) is 0 Å². The van der Waals surface area contributed by atoms with Gasteiger partial charge in [-0.25, -0.2) is 5.43 Å². The lowest BCUT2D eigenvalue weighted by atomic mass is 10.2. The number of fused-ring (bicyclic) bond motifs is 1. The van der Waals surface area contributed by atoms with Crippen molar-refractivity contribution in [1.29, 1.82) is 0 Å². The molecule has 3 aromatic rings. The lowest BCUT2D eigenvalue weighted by molar-refractivity contribution is 0.0955. The van der Waals surface area contributed by atoms with Gasteiger partial charge >= 0.3 is 0 Å². The van der Waals surface area contributed by atoms with E-state index < -0.39 is 0 Å². The van der Waals surface area contributed by atoms with Gasteiger partial charge in [0.15, 0.2) is 0 Å². The number of ether oxygens (including phenoxy) is 1. The van der Waals surface area contributed by atoms with E-state index in [2.05, 4.69) is 26.5 Å². The number of nitrogens with zero attached hydrogens (tertiary/aromatic N) is 1. The van der Waals surface area contributed by atoms with Crippen LogP contribution in [0.1, 0.15) is 15.2 Å². The third-order valence-corrected chi connectivity index (χ3v) is 4.79. The largest absolute Gasteiger partial charge is 0.495 e. The Kier molecular flexibility index (Phi) is 4.73. The van der Waals surface area contributed by atoms with E-state index in [1.54, 1.807) is 42.9 Å². The number of carbonyl (C=O) groups is 1. The second-order valence-electron chi connectivity index (χ2n) is 4.71. The minimum absolute atomic E-state index is 0.261. The molecule has 4 nitrogen and oxygen atoms in total. The second-order valence-corrected chi connectivity index (χ2v) is 6.70. The highest BCUT2D eigenvalue weighted by Gasteiger charge is 2.10. The summed E-state index contributed by atoms with van der Waals surface area (Å²) < 4.78 is 7.42. The van der Waals surface area contributed by atoms with Crippen molar-refractivity contribution >= 4 is 49.5 Å². The topological polar surface area (TPSA) is 50.7 Å². The summed E-state index contributed by atoms with van der Waals surface area (Å²) in [7, 11) is 1.63. The van der Waals surface area contributed by atoms with E-state index in [4.69, 9.17) is 4.74 Å². The van der Waals surface area contributed by atoms with Crippen molar-refractivity contribution in [1.82, 2.24) is 5.43 Å². The first kappa shape index (κ1) is 15.7. The first-order valence-electron chi connectivity index (χ1n) is 6.83. The van der Waals surface area contributed by atoms with Gasteiger partial charge < -0.3 is 4.74 Å². The van der Waals surface area contributed by atoms with E-state index in [-0.39, 0.29) is 5.91 Å². The van der Waals surface area contributed by atoms with Crippen molar-refractivity contribution in [2.45, 2.75) is 0 Å². The Morgan fingerprint density at radius 3 is 2.87 bits per heavy atom. The smallest absolute Gasteiger partial charge is 0.271 e. The third-order valence-electron chi connectivity index (χ3n) is 3.21. The molecule has 116 valence electrons. The second kappa shape index (κ2) is 6.93. The number of benzene rings is 2. The molecule has 6 heteroatoms. The van der Waals surface area contributed by atoms with Gasteiger partial charge in [-0.2, -0.15) is 5.10 Å². The number of nitrogens with one attached hydrogen (secondary N) is 1. The fourth-order valence-electron chi connectivity index (χ4n) is 2.18. The van der Waals surface area contributed by atoms with Crippen LogP contribution in [0, 0.1) is 0 Å². The van der Waals surface area contributed by atoms with Crippen molar-refractivity contribution in [3.63, 3.8) is 0 Å². The number of methoxy groups -OCH3 is 1. The molecule has 0 unspecified atom stereocenters. The molecule has 0 atom stereocenters. The first-order chi connectivity index (χ1) is 11.2. The molecule has 0 fully saturated rings. The Balaban J connectivity index is 1.79. The molecule has 3 rings (SSSR count). The SMILES string of the molecule is COc1c(C=NNC(=O)c2cccc(Br)c2)sc2ccccc12. The van der Waals surface area contributed by atoms with Crippen molar-refractivity contribution in [2.24, 2.45) is 5.10 Å². The van der Waals surface area contributed by atoms with E-state index in [0.717, 1.165) is 25.2 Å². The van der Waals surface area contributed by atoms with Crippen molar-refractivity contribution in [3.8, 4) is 5.75 Å². The molecule has 0 bridgehead atoms. The summed E-state index contributed by atoms with van der Waals surface area (Å²) in [5.74, 6) is 0.508. The van der Waals surface area contributed by atoms with E-state index in [1.807, 2.05) is 30.3 Å². The molecule has 0 aliphatic heterocycles. The molecular formula is C17H13BrN2O2S. The normalized spacial score (nSPS) is 11.0. The highest BCUT2D eigenvalue weighted by Crippen LogP contribution is 2.36. The van der Waals surface area contributed by atoms with Crippen LogP contribution in [-0.2, 0) is 0 Å². The monoisotopic (exact) mass is 388 g/mol. The van der Waals surface area contributed by atoms with Crippen LogP contribution in [-0.4, -0.2) is 19.2 Å². The predicted octanol–water partition coefficient (Wildman–Crippen LogP) is 4.44. The summed E-state index contributed by atoms with van der Waals surface area (Å²) in [6.07, 6.45) is 1.61. The first-order valence-corrected chi connectivity index (χ1v) is 8.44. The molecule has 0 saturated heterocycles. The molecule has 0 saturated carbocycles. The van der Waals surface area contributed by atoms with Gasteiger partial charge in [0.1, 0.15) is 5.75 Å². The Hall–Kier alpha value is -2.18. The quantitative estimate of drug-likeness (QED) is 0.530. The van der Waals surface area contributed by atoms with Crippen LogP contribution in [0.5, 0.6) is 5.75 Å². The van der Waals surface area contributed by atoms with Crippen molar-refractivity contribution in [3.05, 3.63) is 63.4 Å². The molecule has 1 N–H and O–H groups in total. The van der Waals surface area contributed by atoms with Gasteiger partial charge in [-0.3, -0.25) is 4.79 Å². The summed E-state index contributed by atoms with van der Waals surface area (Å²) in [5, 5.41) is 5.08. The van der Waals surface area contributed by atoms with Gasteiger partial charge in [-0.1, -0.05) is 34.1 Å². The van der Waals surface area contributed by atoms with Gasteiger partial charge in [-0.05, 0) is 30.3 Å². The van der Waals surface area contributed by atoms with Crippen molar-refractivity contribution < 1.29 is 9.53 Å². The Bertz CT molecular complexity index is 889. The van der Waals surface area contributed by atoms with Gasteiger partial charge in [0.05, 0.1) is 18.2 Å². The van der Waals surface area contributed by atoms with Crippen LogP contribution in [0.25, 0.3) is 10.1 Å². The predicted molar refractivity (Wildman–Crippen MR) is 97.6 cm³/mol. The lowest BCUT2D eigenvalue weighted by Gasteiger charge is -2.01. The highest BCUT2D eigenvalue weighted by molar-refractivity contribution is 9.10. The highest BCUT2D eigenvalue weighted by atomic mass is 79.9. The number of hydrazone groups is 1. The van der Waals surface area contributed by atoms with Crippen molar-refractivity contribution in [2.75, 3.05) is 7.11 Å². The number of rotatable bonds is 4. The molecule has 0 aliphatic rings. The number of hydrogen-bond donors (Lipinski definition) is 1. The number of hydrogen-bond acceptors (Lipinski definition) is 4. The van der Waals surface area contributed by atoms with E-state index >= 15 is 0 Å². The number of amides is 1. The molecule has 2 aromatic carbocycles. The van der Waals surface area contributed by atoms with Gasteiger partial charge in [0, 0.05) is 20.1 Å². The van der Waals surface area contributed by atoms with Crippen LogP contribution < -0.4 is 10.2 Å². The summed E-state index contributed by atoms with van der Waals surface area (Å²) >= 11 is 4.91. The van der Waals surface area contributed by atoms with Gasteiger partial charge in [-0.15, -0.1) is 11.3 Å². The lowest BCUT2D eigenvalue weighted by Crippen LogP contribution is -2.17. The minimum atomic E-state index is -0.261. The maximum atomic E-state index is 12.0. The number of halogens is 1. The molecule has 1 aromatic heterocycles. The zero-order chi connectivity index (χ0) is 16.2. The van der Waals surface area contributed by atoms with Crippen LogP contribution in [0.4, 0.5) is 0 Å². The zero-order valence-electron chi connectivity index (χ0n) is 12.2. The summed E-state index contributed by atoms with van der Waals surface area (Å²) in [6.45, 7) is 0. The van der Waals surface area contributed by atoms with E-state index in [0.29, 0.717) is 5.56 Å². The van der Waals surface area contributed by atoms with Crippen LogP contribution in [0.2, 0.25) is 0 Å². The number of thiophene rings is 1. The molecule has 0 radical (unpaired) electrons. The zero-order valence-corrected chi connectivity index (χ0v) is 14.6. The average Bonchev–Trinajstić information content (AvgIpc) is 2.92. The molecule has 1 amide bonds. The fourth-order valence-corrected chi connectivity index (χ4v) is 3.62. The Labute approximate surface area is 145 Å². The maximum absolute atomic E-state index is 12.0. The van der Waals surface area contributed by atoms with Crippen LogP contribution in [0.3, 0.4) is 0 Å². The molecular weight excluding hydrogens is 376 g/mol. The van der Waals surface area contributed by atoms with Crippen LogP contribution in [0.15, 0.2) is 58.1 Å². The molecule has 23 heavy (non-hydrogen) atoms. The summed E-state index contributed by atoms with van der Waals surface area (Å²) in [6, 6.07) is 15.1. The summed E-state index contributed by atoms with van der Waals surface area (Å²) in [5.41, 5.74) is 3.07. The minimum Gasteiger partial charge on any atom is -0.495 e. The van der Waals surface area contributed by atoms with E-state index in [1.165, 1.54) is 0 Å². The Morgan fingerprint density at radius 1 is 1.26 bits per heavy atom. The molecule has 0 aliphatic carbocycles. The molecule has 1 heterocycles.